The van der Waals surface area contributed by atoms with Gasteiger partial charge < -0.3 is 4.74 Å². The van der Waals surface area contributed by atoms with Gasteiger partial charge in [0.2, 0.25) is 0 Å². The van der Waals surface area contributed by atoms with Crippen molar-refractivity contribution < 1.29 is 9.53 Å². The third kappa shape index (κ3) is 3.10. The maximum Gasteiger partial charge on any atom is 0.415 e. The summed E-state index contributed by atoms with van der Waals surface area (Å²) in [4.78, 5) is 13.8. The van der Waals surface area contributed by atoms with Crippen LogP contribution in [0.3, 0.4) is 0 Å². The molecule has 3 rings (SSSR count). The summed E-state index contributed by atoms with van der Waals surface area (Å²) in [5.74, 6) is 0. The van der Waals surface area contributed by atoms with Crippen molar-refractivity contribution in [2.45, 2.75) is 6.04 Å². The number of amides is 1. The van der Waals surface area contributed by atoms with Crippen molar-refractivity contribution in [3.63, 3.8) is 0 Å². The summed E-state index contributed by atoms with van der Waals surface area (Å²) in [6.07, 6.45) is 1.70. The largest absolute Gasteiger partial charge is 0.447 e. The first-order chi connectivity index (χ1) is 10.3. The summed E-state index contributed by atoms with van der Waals surface area (Å²) < 4.78 is 6.09. The zero-order chi connectivity index (χ0) is 14.7. The molecule has 4 heteroatoms. The van der Waals surface area contributed by atoms with Crippen LogP contribution in [0.2, 0.25) is 0 Å². The molecule has 0 aromatic heterocycles. The van der Waals surface area contributed by atoms with Crippen molar-refractivity contribution in [2.75, 3.05) is 6.61 Å². The molecule has 1 fully saturated rings. The molecule has 1 atom stereocenters. The average molecular weight is 391 g/mol. The zero-order valence-corrected chi connectivity index (χ0v) is 13.4. The van der Waals surface area contributed by atoms with Crippen LogP contribution in [0.4, 0.5) is 4.79 Å². The van der Waals surface area contributed by atoms with Gasteiger partial charge in [-0.1, -0.05) is 60.7 Å². The number of ether oxygens (including phenoxy) is 1. The van der Waals surface area contributed by atoms with Crippen molar-refractivity contribution in [3.05, 3.63) is 75.5 Å². The third-order valence-corrected chi connectivity index (χ3v) is 4.20. The Morgan fingerprint density at radius 3 is 2.38 bits per heavy atom. The van der Waals surface area contributed by atoms with Gasteiger partial charge in [-0.3, -0.25) is 4.90 Å². The van der Waals surface area contributed by atoms with Gasteiger partial charge in [0.1, 0.15) is 6.61 Å². The molecule has 0 aliphatic carbocycles. The number of benzene rings is 2. The van der Waals surface area contributed by atoms with Gasteiger partial charge >= 0.3 is 6.09 Å². The smallest absolute Gasteiger partial charge is 0.415 e. The van der Waals surface area contributed by atoms with Gasteiger partial charge in [0.15, 0.2) is 0 Å². The van der Waals surface area contributed by atoms with E-state index in [-0.39, 0.29) is 12.1 Å². The van der Waals surface area contributed by atoms with Gasteiger partial charge in [0.25, 0.3) is 0 Å². The SMILES string of the molecule is O=C1OC[C@@H](c2ccccc2)N1/C(I)=C\c1ccccc1. The van der Waals surface area contributed by atoms with Crippen LogP contribution in [-0.4, -0.2) is 17.6 Å². The number of halogens is 1. The van der Waals surface area contributed by atoms with Crippen molar-refractivity contribution in [1.29, 1.82) is 0 Å². The molecule has 21 heavy (non-hydrogen) atoms. The fraction of sp³-hybridized carbons (Fsp3) is 0.118. The van der Waals surface area contributed by atoms with Crippen LogP contribution in [0.25, 0.3) is 6.08 Å². The topological polar surface area (TPSA) is 29.5 Å². The maximum atomic E-state index is 12.0. The van der Waals surface area contributed by atoms with Crippen molar-refractivity contribution >= 4 is 34.8 Å². The Kier molecular flexibility index (Phi) is 4.24. The van der Waals surface area contributed by atoms with Crippen LogP contribution in [0, 0.1) is 0 Å². The van der Waals surface area contributed by atoms with E-state index >= 15 is 0 Å². The molecule has 2 aromatic carbocycles. The standard InChI is InChI=1S/C17H14INO2/c18-16(11-13-7-3-1-4-8-13)19-15(12-21-17(19)20)14-9-5-2-6-10-14/h1-11,15H,12H2/b16-11-/t15-/m0/s1. The second-order valence-corrected chi connectivity index (χ2v) is 5.86. The van der Waals surface area contributed by atoms with Crippen LogP contribution in [0.1, 0.15) is 17.2 Å². The van der Waals surface area contributed by atoms with Crippen molar-refractivity contribution in [1.82, 2.24) is 4.90 Å². The Balaban J connectivity index is 1.91. The number of carbonyl (C=O) groups is 1. The number of hydrogen-bond acceptors (Lipinski definition) is 2. The van der Waals surface area contributed by atoms with E-state index in [1.165, 1.54) is 0 Å². The van der Waals surface area contributed by atoms with E-state index < -0.39 is 0 Å². The minimum Gasteiger partial charge on any atom is -0.447 e. The van der Waals surface area contributed by atoms with Gasteiger partial charge in [-0.15, -0.1) is 0 Å². The van der Waals surface area contributed by atoms with Crippen LogP contribution in [-0.2, 0) is 4.74 Å². The van der Waals surface area contributed by atoms with E-state index in [0.717, 1.165) is 14.8 Å². The number of hydrogen-bond donors (Lipinski definition) is 0. The molecule has 1 amide bonds. The predicted octanol–water partition coefficient (Wildman–Crippen LogP) is 4.61. The summed E-state index contributed by atoms with van der Waals surface area (Å²) in [7, 11) is 0. The lowest BCUT2D eigenvalue weighted by atomic mass is 10.1. The highest BCUT2D eigenvalue weighted by Gasteiger charge is 2.35. The van der Waals surface area contributed by atoms with E-state index in [9.17, 15) is 4.79 Å². The van der Waals surface area contributed by atoms with Gasteiger partial charge in [-0.05, 0) is 39.8 Å². The highest BCUT2D eigenvalue weighted by molar-refractivity contribution is 14.1. The summed E-state index contributed by atoms with van der Waals surface area (Å²) in [6, 6.07) is 19.9. The van der Waals surface area contributed by atoms with Gasteiger partial charge in [0, 0.05) is 0 Å². The Morgan fingerprint density at radius 2 is 1.71 bits per heavy atom. The van der Waals surface area contributed by atoms with Gasteiger partial charge in [0.05, 0.1) is 9.75 Å². The summed E-state index contributed by atoms with van der Waals surface area (Å²) in [5, 5.41) is 0. The van der Waals surface area contributed by atoms with E-state index in [4.69, 9.17) is 4.74 Å². The van der Waals surface area contributed by atoms with Crippen LogP contribution >= 0.6 is 22.6 Å². The highest BCUT2D eigenvalue weighted by atomic mass is 127. The quantitative estimate of drug-likeness (QED) is 0.565. The van der Waals surface area contributed by atoms with Crippen LogP contribution < -0.4 is 0 Å². The predicted molar refractivity (Wildman–Crippen MR) is 90.8 cm³/mol. The monoisotopic (exact) mass is 391 g/mol. The first-order valence-electron chi connectivity index (χ1n) is 6.69. The van der Waals surface area contributed by atoms with E-state index in [1.54, 1.807) is 4.90 Å². The molecule has 0 radical (unpaired) electrons. The van der Waals surface area contributed by atoms with E-state index in [0.29, 0.717) is 6.61 Å². The molecule has 0 saturated carbocycles. The molecule has 0 spiro atoms. The number of rotatable bonds is 3. The molecule has 1 aliphatic heterocycles. The van der Waals surface area contributed by atoms with Gasteiger partial charge in [-0.25, -0.2) is 4.79 Å². The lowest BCUT2D eigenvalue weighted by molar-refractivity contribution is 0.166. The summed E-state index contributed by atoms with van der Waals surface area (Å²) in [6.45, 7) is 0.387. The molecular weight excluding hydrogens is 377 g/mol. The molecule has 1 aliphatic rings. The molecular formula is C17H14INO2. The number of nitrogens with zero attached hydrogens (tertiary/aromatic N) is 1. The van der Waals surface area contributed by atoms with Gasteiger partial charge in [-0.2, -0.15) is 0 Å². The minimum atomic E-state index is -0.291. The normalized spacial score (nSPS) is 18.7. The molecule has 1 saturated heterocycles. The maximum absolute atomic E-state index is 12.0. The third-order valence-electron chi connectivity index (χ3n) is 3.37. The van der Waals surface area contributed by atoms with Crippen LogP contribution in [0.15, 0.2) is 64.4 Å². The molecule has 106 valence electrons. The fourth-order valence-corrected chi connectivity index (χ4v) is 3.23. The Bertz CT molecular complexity index is 655. The highest BCUT2D eigenvalue weighted by Crippen LogP contribution is 2.34. The molecule has 1 heterocycles. The number of cyclic esters (lactones) is 1. The lowest BCUT2D eigenvalue weighted by Crippen LogP contribution is -2.24. The Morgan fingerprint density at radius 1 is 1.10 bits per heavy atom. The summed E-state index contributed by atoms with van der Waals surface area (Å²) in [5.41, 5.74) is 2.15. The molecule has 3 nitrogen and oxygen atoms in total. The average Bonchev–Trinajstić information content (AvgIpc) is 2.91. The molecule has 2 aromatic rings. The first kappa shape index (κ1) is 14.1. The molecule has 0 unspecified atom stereocenters. The Labute approximate surface area is 137 Å². The molecule has 0 bridgehead atoms. The fourth-order valence-electron chi connectivity index (χ4n) is 2.33. The van der Waals surface area contributed by atoms with Crippen LogP contribution in [0.5, 0.6) is 0 Å². The number of carbonyl (C=O) groups excluding carboxylic acids is 1. The minimum absolute atomic E-state index is 0.0643. The summed E-state index contributed by atoms with van der Waals surface area (Å²) >= 11 is 2.19. The lowest BCUT2D eigenvalue weighted by Gasteiger charge is -2.21. The van der Waals surface area contributed by atoms with E-state index in [1.807, 2.05) is 66.7 Å². The first-order valence-corrected chi connectivity index (χ1v) is 7.77. The van der Waals surface area contributed by atoms with Crippen molar-refractivity contribution in [3.8, 4) is 0 Å². The second-order valence-electron chi connectivity index (χ2n) is 4.75. The van der Waals surface area contributed by atoms with E-state index in [2.05, 4.69) is 22.6 Å². The molecule has 0 N–H and O–H groups in total. The van der Waals surface area contributed by atoms with Crippen molar-refractivity contribution in [2.24, 2.45) is 0 Å². The Hall–Kier alpha value is -1.82. The zero-order valence-electron chi connectivity index (χ0n) is 11.3. The second kappa shape index (κ2) is 6.30.